The van der Waals surface area contributed by atoms with E-state index in [9.17, 15) is 0 Å². The van der Waals surface area contributed by atoms with Crippen molar-refractivity contribution in [2.45, 2.75) is 24.4 Å². The first kappa shape index (κ1) is 44.8. The fraction of sp³-hybridized carbons (Fsp3) is 0.250. The van der Waals surface area contributed by atoms with Gasteiger partial charge in [-0.25, -0.2) is 4.86 Å². The van der Waals surface area contributed by atoms with E-state index in [4.69, 9.17) is 66.1 Å². The zero-order chi connectivity index (χ0) is 45.5. The summed E-state index contributed by atoms with van der Waals surface area (Å²) < 4.78 is 77.4. The van der Waals surface area contributed by atoms with Gasteiger partial charge in [-0.3, -0.25) is 0 Å². The summed E-state index contributed by atoms with van der Waals surface area (Å²) in [6.45, 7) is 4.10. The molecule has 0 amide bonds. The minimum Gasteiger partial charge on any atom is -0.487 e. The molecule has 6 aromatic carbocycles. The van der Waals surface area contributed by atoms with Crippen LogP contribution in [0.25, 0.3) is 0 Å². The first-order chi connectivity index (χ1) is 33.6. The van der Waals surface area contributed by atoms with Gasteiger partial charge in [0.15, 0.2) is 57.5 Å². The van der Waals surface area contributed by atoms with Crippen LogP contribution >= 0.6 is 25.8 Å². The Hall–Kier alpha value is -5.67. The van der Waals surface area contributed by atoms with Crippen molar-refractivity contribution in [3.05, 3.63) is 146 Å². The molecule has 0 bridgehead atoms. The molecule has 5 fully saturated rings. The van der Waals surface area contributed by atoms with Crippen molar-refractivity contribution < 1.29 is 66.1 Å². The summed E-state index contributed by atoms with van der Waals surface area (Å²) in [5, 5.41) is 0. The predicted molar refractivity (Wildman–Crippen MR) is 251 cm³/mol. The lowest BCUT2D eigenvalue weighted by Crippen LogP contribution is -2.37. The number of ether oxygens (including phenoxy) is 10. The van der Waals surface area contributed by atoms with Gasteiger partial charge in [-0.1, -0.05) is 72.8 Å². The Morgan fingerprint density at radius 2 is 0.868 bits per heavy atom. The summed E-state index contributed by atoms with van der Waals surface area (Å²) in [6.07, 6.45) is 0.127. The average molecular weight is 982 g/mol. The van der Waals surface area contributed by atoms with Crippen molar-refractivity contribution in [3.63, 3.8) is 0 Å². The lowest BCUT2D eigenvalue weighted by Gasteiger charge is -2.42. The molecule has 0 aromatic heterocycles. The van der Waals surface area contributed by atoms with E-state index in [-0.39, 0.29) is 39.0 Å². The maximum Gasteiger partial charge on any atom is 0.332 e. The van der Waals surface area contributed by atoms with Crippen molar-refractivity contribution in [1.29, 1.82) is 0 Å². The highest BCUT2D eigenvalue weighted by atomic mass is 31.3. The second-order valence-corrected chi connectivity index (χ2v) is 20.3. The molecule has 7 atom stereocenters. The van der Waals surface area contributed by atoms with Crippen LogP contribution in [0.15, 0.2) is 146 Å². The van der Waals surface area contributed by atoms with Crippen LogP contribution in [0, 0.1) is 0 Å². The number of para-hydroxylation sites is 10. The monoisotopic (exact) mass is 981 g/mol. The van der Waals surface area contributed by atoms with Gasteiger partial charge >= 0.3 is 8.45 Å². The quantitative estimate of drug-likeness (QED) is 0.0450. The molecular formula is C48H46N3O14P3. The van der Waals surface area contributed by atoms with E-state index in [0.717, 1.165) is 0 Å². The van der Waals surface area contributed by atoms with Crippen LogP contribution in [-0.2, 0) is 18.9 Å². The maximum atomic E-state index is 7.08. The van der Waals surface area contributed by atoms with Gasteiger partial charge in [-0.15, -0.1) is 0 Å². The van der Waals surface area contributed by atoms with Crippen LogP contribution < -0.4 is 52.0 Å². The van der Waals surface area contributed by atoms with Gasteiger partial charge in [0, 0.05) is 4.60 Å². The fourth-order valence-electron chi connectivity index (χ4n) is 6.38. The van der Waals surface area contributed by atoms with Crippen molar-refractivity contribution >= 4 is 25.8 Å². The van der Waals surface area contributed by atoms with E-state index in [0.29, 0.717) is 116 Å². The van der Waals surface area contributed by atoms with E-state index in [1.165, 1.54) is 0 Å². The molecule has 0 saturated carbocycles. The fourth-order valence-corrected chi connectivity index (χ4v) is 12.0. The summed E-state index contributed by atoms with van der Waals surface area (Å²) in [7, 11) is -4.28. The standard InChI is InChI=1S/C48H46N3O14P3/c1-2-13-33(14-3-1)62-51-67(49-66-50(63-44-21-10-6-17-40(44)58-31-36-27-54-36)68(51)65-45-22-11-7-18-41(45)59-32-37-28-55-37)64-47-24-12-23-46(60-42-19-8-4-15-38(42)56-29-34-25-52-34)48(47)61-43-20-9-5-16-39(43)57-30-35-26-53-35/h1-24,34-37,49,66H,25-32H2. The van der Waals surface area contributed by atoms with Gasteiger partial charge in [0.1, 0.15) is 56.6 Å². The van der Waals surface area contributed by atoms with Crippen LogP contribution in [0.2, 0.25) is 0 Å². The summed E-state index contributed by atoms with van der Waals surface area (Å²) in [4.78, 5) is 17.1. The van der Waals surface area contributed by atoms with E-state index < -0.39 is 16.9 Å². The Kier molecular flexibility index (Phi) is 14.0. The van der Waals surface area contributed by atoms with E-state index in [1.54, 1.807) is 21.3 Å². The highest BCUT2D eigenvalue weighted by molar-refractivity contribution is 7.74. The summed E-state index contributed by atoms with van der Waals surface area (Å²) in [5.41, 5.74) is 0. The molecule has 6 aromatic rings. The Morgan fingerprint density at radius 1 is 0.441 bits per heavy atom. The molecule has 17 nitrogen and oxygen atoms in total. The largest absolute Gasteiger partial charge is 0.487 e. The molecule has 0 spiro atoms. The molecule has 1 N–H and O–H groups in total. The molecule has 68 heavy (non-hydrogen) atoms. The smallest absolute Gasteiger partial charge is 0.332 e. The Morgan fingerprint density at radius 3 is 1.41 bits per heavy atom. The third kappa shape index (κ3) is 11.9. The van der Waals surface area contributed by atoms with E-state index in [2.05, 4.69) is 4.86 Å². The molecule has 5 saturated heterocycles. The van der Waals surface area contributed by atoms with Crippen molar-refractivity contribution in [2.24, 2.45) is 0 Å². The van der Waals surface area contributed by atoms with Gasteiger partial charge in [0.05, 0.1) is 35.3 Å². The highest BCUT2D eigenvalue weighted by Gasteiger charge is 2.47. The number of epoxide rings is 4. The SMILES string of the molecule is c1ccc(ON2P(Oc3cccc(Oc4ccccc4OCC4CO4)c3Oc3ccccc3OCC3CO3)NPN(Oc3ccccc3OCC3CO3)P2Oc2ccccc2OCC2CO2)cc1. The van der Waals surface area contributed by atoms with Gasteiger partial charge in [-0.05, 0) is 77.4 Å². The molecule has 0 radical (unpaired) electrons. The number of rotatable bonds is 24. The molecule has 11 rings (SSSR count). The van der Waals surface area contributed by atoms with Crippen molar-refractivity contribution in [3.8, 4) is 69.0 Å². The van der Waals surface area contributed by atoms with Crippen LogP contribution in [-0.4, -0.2) is 86.5 Å². The molecule has 352 valence electrons. The second kappa shape index (κ2) is 21.3. The van der Waals surface area contributed by atoms with Crippen LogP contribution in [0.5, 0.6) is 69.0 Å². The lowest BCUT2D eigenvalue weighted by molar-refractivity contribution is 0.0646. The van der Waals surface area contributed by atoms with Crippen LogP contribution in [0.3, 0.4) is 0 Å². The molecule has 5 aliphatic heterocycles. The normalized spacial score (nSPS) is 22.9. The number of nitrogens with one attached hydrogen (secondary N) is 1. The highest BCUT2D eigenvalue weighted by Crippen LogP contribution is 2.67. The third-order valence-corrected chi connectivity index (χ3v) is 15.4. The second-order valence-electron chi connectivity index (χ2n) is 15.6. The predicted octanol–water partition coefficient (Wildman–Crippen LogP) is 10.00. The molecule has 7 unspecified atom stereocenters. The number of hydrogen-bond donors (Lipinski definition) is 1. The van der Waals surface area contributed by atoms with Gasteiger partial charge < -0.3 is 66.1 Å². The first-order valence-corrected chi connectivity index (χ1v) is 25.3. The molecule has 0 aliphatic carbocycles. The lowest BCUT2D eigenvalue weighted by atomic mass is 10.2. The van der Waals surface area contributed by atoms with Gasteiger partial charge in [0.2, 0.25) is 5.75 Å². The zero-order valence-corrected chi connectivity index (χ0v) is 39.1. The number of hydrogen-bond acceptors (Lipinski definition) is 17. The Labute approximate surface area is 396 Å². The van der Waals surface area contributed by atoms with Crippen molar-refractivity contribution in [2.75, 3.05) is 52.9 Å². The average Bonchev–Trinajstić information content (AvgIpc) is 4.15. The third-order valence-electron chi connectivity index (χ3n) is 10.3. The summed E-state index contributed by atoms with van der Waals surface area (Å²) >= 11 is 0. The summed E-state index contributed by atoms with van der Waals surface area (Å²) in [5.74, 6) is 5.36. The summed E-state index contributed by atoms with van der Waals surface area (Å²) in [6, 6.07) is 44.6. The molecular weight excluding hydrogens is 935 g/mol. The minimum atomic E-state index is -2.08. The number of nitrogens with zero attached hydrogens (tertiary/aromatic N) is 2. The molecule has 5 aliphatic rings. The van der Waals surface area contributed by atoms with E-state index in [1.807, 2.05) is 133 Å². The van der Waals surface area contributed by atoms with Crippen LogP contribution in [0.1, 0.15) is 0 Å². The Balaban J connectivity index is 0.958. The Bertz CT molecular complexity index is 2630. The van der Waals surface area contributed by atoms with Gasteiger partial charge in [0.25, 0.3) is 8.45 Å². The molecule has 5 heterocycles. The molecule has 20 heteroatoms. The van der Waals surface area contributed by atoms with Crippen LogP contribution in [0.4, 0.5) is 0 Å². The van der Waals surface area contributed by atoms with Gasteiger partial charge in [-0.2, -0.15) is 0 Å². The minimum absolute atomic E-state index is 0.0194. The first-order valence-electron chi connectivity index (χ1n) is 22.0. The zero-order valence-electron chi connectivity index (χ0n) is 36.3. The number of benzene rings is 6. The maximum absolute atomic E-state index is 7.08. The van der Waals surface area contributed by atoms with Crippen molar-refractivity contribution in [1.82, 2.24) is 14.1 Å². The van der Waals surface area contributed by atoms with E-state index >= 15 is 0 Å². The topological polar surface area (TPSA) is 161 Å².